The molecule has 3 aliphatic rings. The number of amides is 3. The lowest BCUT2D eigenvalue weighted by atomic mass is 9.78. The van der Waals surface area contributed by atoms with Crippen molar-refractivity contribution in [3.05, 3.63) is 59.2 Å². The van der Waals surface area contributed by atoms with Crippen LogP contribution in [0, 0.1) is 0 Å². The van der Waals surface area contributed by atoms with Crippen LogP contribution < -0.4 is 15.4 Å². The zero-order chi connectivity index (χ0) is 27.1. The van der Waals surface area contributed by atoms with Gasteiger partial charge in [0.25, 0.3) is 0 Å². The number of likely N-dealkylation sites (tertiary alicyclic amines) is 1. The maximum atomic E-state index is 14.1. The maximum Gasteiger partial charge on any atom is 0.315 e. The van der Waals surface area contributed by atoms with E-state index in [4.69, 9.17) is 9.84 Å². The zero-order valence-corrected chi connectivity index (χ0v) is 22.2. The van der Waals surface area contributed by atoms with Gasteiger partial charge in [0.2, 0.25) is 5.91 Å². The highest BCUT2D eigenvalue weighted by molar-refractivity contribution is 8.00. The molecule has 200 valence electrons. The number of fused-ring (bicyclic) bond motifs is 2. The number of hydrogen-bond acceptors (Lipinski definition) is 6. The van der Waals surface area contributed by atoms with E-state index in [0.717, 1.165) is 10.5 Å². The molecule has 1 fully saturated rings. The summed E-state index contributed by atoms with van der Waals surface area (Å²) in [7, 11) is 0. The lowest BCUT2D eigenvalue weighted by Gasteiger charge is -2.46. The van der Waals surface area contributed by atoms with Gasteiger partial charge in [-0.05, 0) is 43.2 Å². The molecule has 0 aromatic heterocycles. The van der Waals surface area contributed by atoms with Crippen LogP contribution in [0.3, 0.4) is 0 Å². The number of carbonyl (C=O) groups is 4. The van der Waals surface area contributed by atoms with E-state index < -0.39 is 22.4 Å². The SMILES string of the molecule is CCNC(=O)NC1Sc2ccccc2C1(C)C(=O)N1CCC2(CC1)CC(=O)c1cc(CC(=O)O)ccc1O2. The summed E-state index contributed by atoms with van der Waals surface area (Å²) in [6.07, 6.45) is 1.04. The van der Waals surface area contributed by atoms with Gasteiger partial charge in [0.15, 0.2) is 5.78 Å². The van der Waals surface area contributed by atoms with Crippen LogP contribution in [-0.2, 0) is 21.4 Å². The summed E-state index contributed by atoms with van der Waals surface area (Å²) in [6.45, 7) is 5.07. The third-order valence-corrected chi connectivity index (χ3v) is 9.17. The molecule has 2 aromatic carbocycles. The quantitative estimate of drug-likeness (QED) is 0.534. The van der Waals surface area contributed by atoms with Crippen molar-refractivity contribution in [2.24, 2.45) is 0 Å². The van der Waals surface area contributed by atoms with Crippen LogP contribution in [0.1, 0.15) is 54.6 Å². The molecule has 0 saturated carbocycles. The van der Waals surface area contributed by atoms with Gasteiger partial charge >= 0.3 is 12.0 Å². The van der Waals surface area contributed by atoms with Crippen LogP contribution in [0.25, 0.3) is 0 Å². The number of benzene rings is 2. The van der Waals surface area contributed by atoms with E-state index >= 15 is 0 Å². The number of ether oxygens (including phenoxy) is 1. The first-order chi connectivity index (χ1) is 18.1. The number of thioether (sulfide) groups is 1. The van der Waals surface area contributed by atoms with Gasteiger partial charge in [-0.25, -0.2) is 4.79 Å². The van der Waals surface area contributed by atoms with Crippen molar-refractivity contribution < 1.29 is 29.0 Å². The number of carboxylic acid groups (broad SMARTS) is 1. The van der Waals surface area contributed by atoms with E-state index in [9.17, 15) is 19.2 Å². The summed E-state index contributed by atoms with van der Waals surface area (Å²) in [5, 5.41) is 14.3. The minimum absolute atomic E-state index is 0.0625. The van der Waals surface area contributed by atoms with E-state index in [1.807, 2.05) is 43.0 Å². The summed E-state index contributed by atoms with van der Waals surface area (Å²) in [4.78, 5) is 53.4. The van der Waals surface area contributed by atoms with Crippen LogP contribution in [0.4, 0.5) is 4.79 Å². The van der Waals surface area contributed by atoms with Crippen LogP contribution in [0.15, 0.2) is 47.4 Å². The normalized spacial score (nSPS) is 23.3. The van der Waals surface area contributed by atoms with Crippen LogP contribution in [-0.4, -0.2) is 64.3 Å². The fourth-order valence-corrected chi connectivity index (χ4v) is 7.11. The summed E-state index contributed by atoms with van der Waals surface area (Å²) in [6, 6.07) is 12.4. The van der Waals surface area contributed by atoms with Gasteiger partial charge in [-0.1, -0.05) is 36.0 Å². The number of urea groups is 1. The zero-order valence-electron chi connectivity index (χ0n) is 21.4. The number of piperidine rings is 1. The standard InChI is InChI=1S/C28H31N3O6S/c1-3-29-26(36)30-24-27(2,19-6-4-5-7-22(19)38-24)25(35)31-12-10-28(11-13-31)16-20(32)18-14-17(15-23(33)34)8-9-21(18)37-28/h4-9,14,24H,3,10-13,15-16H2,1-2H3,(H,33,34)(H2,29,30,36). The Morgan fingerprint density at radius 1 is 1.16 bits per heavy atom. The Labute approximate surface area is 225 Å². The predicted molar refractivity (Wildman–Crippen MR) is 142 cm³/mol. The number of aliphatic carboxylic acids is 1. The molecule has 1 saturated heterocycles. The number of nitrogens with one attached hydrogen (secondary N) is 2. The molecule has 2 atom stereocenters. The Hall–Kier alpha value is -3.53. The highest BCUT2D eigenvalue weighted by Crippen LogP contribution is 2.50. The number of rotatable bonds is 5. The van der Waals surface area contributed by atoms with E-state index in [1.54, 1.807) is 18.2 Å². The third-order valence-electron chi connectivity index (χ3n) is 7.73. The highest BCUT2D eigenvalue weighted by Gasteiger charge is 2.53. The molecular formula is C28H31N3O6S. The molecule has 2 unspecified atom stereocenters. The lowest BCUT2D eigenvalue weighted by Crippen LogP contribution is -2.59. The Bertz CT molecular complexity index is 1310. The fourth-order valence-electron chi connectivity index (χ4n) is 5.67. The Kier molecular flexibility index (Phi) is 6.85. The van der Waals surface area contributed by atoms with Gasteiger partial charge in [-0.15, -0.1) is 0 Å². The molecule has 3 N–H and O–H groups in total. The minimum Gasteiger partial charge on any atom is -0.486 e. The molecule has 10 heteroatoms. The summed E-state index contributed by atoms with van der Waals surface area (Å²) >= 11 is 1.48. The van der Waals surface area contributed by atoms with Crippen molar-refractivity contribution in [2.45, 2.75) is 60.8 Å². The van der Waals surface area contributed by atoms with Gasteiger partial charge in [0.05, 0.1) is 23.8 Å². The molecule has 2 aromatic rings. The Morgan fingerprint density at radius 2 is 1.89 bits per heavy atom. The molecular weight excluding hydrogens is 506 g/mol. The maximum absolute atomic E-state index is 14.1. The van der Waals surface area contributed by atoms with E-state index in [2.05, 4.69) is 10.6 Å². The number of hydrogen-bond donors (Lipinski definition) is 3. The molecule has 5 rings (SSSR count). The number of carbonyl (C=O) groups excluding carboxylic acids is 3. The molecule has 0 radical (unpaired) electrons. The monoisotopic (exact) mass is 537 g/mol. The van der Waals surface area contributed by atoms with Crippen molar-refractivity contribution in [3.63, 3.8) is 0 Å². The largest absolute Gasteiger partial charge is 0.486 e. The number of Topliss-reactive ketones (excluding diaryl/α,β-unsaturated/α-hetero) is 1. The van der Waals surface area contributed by atoms with Gasteiger partial charge in [-0.3, -0.25) is 14.4 Å². The fraction of sp³-hybridized carbons (Fsp3) is 0.429. The van der Waals surface area contributed by atoms with Crippen molar-refractivity contribution in [1.82, 2.24) is 15.5 Å². The number of carboxylic acids is 1. The molecule has 0 bridgehead atoms. The number of nitrogens with zero attached hydrogens (tertiary/aromatic N) is 1. The molecule has 3 heterocycles. The lowest BCUT2D eigenvalue weighted by molar-refractivity contribution is -0.140. The van der Waals surface area contributed by atoms with Crippen LogP contribution in [0.2, 0.25) is 0 Å². The van der Waals surface area contributed by atoms with Crippen molar-refractivity contribution in [3.8, 4) is 5.75 Å². The van der Waals surface area contributed by atoms with Gasteiger partial charge in [0, 0.05) is 37.4 Å². The van der Waals surface area contributed by atoms with Crippen molar-refractivity contribution >= 4 is 35.5 Å². The summed E-state index contributed by atoms with van der Waals surface area (Å²) in [5.74, 6) is -0.623. The van der Waals surface area contributed by atoms with Crippen LogP contribution >= 0.6 is 11.8 Å². The first-order valence-corrected chi connectivity index (χ1v) is 13.7. The van der Waals surface area contributed by atoms with Gasteiger partial charge in [-0.2, -0.15) is 0 Å². The number of ketones is 1. The summed E-state index contributed by atoms with van der Waals surface area (Å²) < 4.78 is 6.35. The van der Waals surface area contributed by atoms with Gasteiger partial charge < -0.3 is 25.4 Å². The third kappa shape index (κ3) is 4.62. The molecule has 3 aliphatic heterocycles. The topological polar surface area (TPSA) is 125 Å². The molecule has 9 nitrogen and oxygen atoms in total. The Morgan fingerprint density at radius 3 is 2.61 bits per heavy atom. The minimum atomic E-state index is -0.956. The smallest absolute Gasteiger partial charge is 0.315 e. The second kappa shape index (κ2) is 9.98. The highest BCUT2D eigenvalue weighted by atomic mass is 32.2. The molecule has 0 aliphatic carbocycles. The average Bonchev–Trinajstić information content (AvgIpc) is 3.16. The summed E-state index contributed by atoms with van der Waals surface area (Å²) in [5.41, 5.74) is 0.222. The second-order valence-electron chi connectivity index (χ2n) is 10.3. The second-order valence-corrected chi connectivity index (χ2v) is 11.4. The van der Waals surface area contributed by atoms with Crippen LogP contribution in [0.5, 0.6) is 5.75 Å². The van der Waals surface area contributed by atoms with Gasteiger partial charge in [0.1, 0.15) is 16.8 Å². The Balaban J connectivity index is 1.33. The van der Waals surface area contributed by atoms with Crippen molar-refractivity contribution in [2.75, 3.05) is 19.6 Å². The first-order valence-electron chi connectivity index (χ1n) is 12.8. The van der Waals surface area contributed by atoms with E-state index in [0.29, 0.717) is 49.4 Å². The molecule has 1 spiro atoms. The average molecular weight is 538 g/mol. The van der Waals surface area contributed by atoms with Crippen molar-refractivity contribution in [1.29, 1.82) is 0 Å². The molecule has 3 amide bonds. The molecule has 38 heavy (non-hydrogen) atoms. The van der Waals surface area contributed by atoms with E-state index in [-0.39, 0.29) is 30.6 Å². The van der Waals surface area contributed by atoms with E-state index in [1.165, 1.54) is 11.8 Å². The predicted octanol–water partition coefficient (Wildman–Crippen LogP) is 3.35. The first kappa shape index (κ1) is 26.1.